The highest BCUT2D eigenvalue weighted by atomic mass is 79.9. The number of carbonyl (C=O) groups excluding carboxylic acids is 6. The van der Waals surface area contributed by atoms with Crippen molar-refractivity contribution in [2.24, 2.45) is 11.8 Å². The Morgan fingerprint density at radius 3 is 1.45 bits per heavy atom. The van der Waals surface area contributed by atoms with E-state index in [9.17, 15) is 28.8 Å². The Hall–Kier alpha value is -6.84. The van der Waals surface area contributed by atoms with Crippen LogP contribution in [0.4, 0.5) is 21.0 Å². The van der Waals surface area contributed by atoms with Gasteiger partial charge in [0.05, 0.1) is 72.8 Å². The van der Waals surface area contributed by atoms with E-state index in [1.165, 1.54) is 14.2 Å². The fraction of sp³-hybridized carbons (Fsp3) is 0.355. The molecule has 2 saturated heterocycles. The molecule has 0 aliphatic carbocycles. The summed E-state index contributed by atoms with van der Waals surface area (Å²) < 4.78 is 15.7. The molecule has 4 aromatic heterocycles. The minimum absolute atomic E-state index is 0. The average Bonchev–Trinajstić information content (AvgIpc) is 1.67. The molecule has 0 bridgehead atoms. The lowest BCUT2D eigenvalue weighted by Crippen LogP contribution is -2.51. The number of hydrogen-bond donors (Lipinski definition) is 6. The van der Waals surface area contributed by atoms with Crippen molar-refractivity contribution in [3.05, 3.63) is 118 Å². The van der Waals surface area contributed by atoms with Gasteiger partial charge in [-0.25, -0.2) is 19.6 Å². The normalized spacial score (nSPS) is 18.0. The van der Waals surface area contributed by atoms with E-state index in [1.54, 1.807) is 22.2 Å². The van der Waals surface area contributed by atoms with Crippen LogP contribution in [-0.2, 0) is 28.7 Å². The molecular formula is C62H74Br2N12O8S4. The van der Waals surface area contributed by atoms with E-state index in [-0.39, 0.29) is 108 Å². The number of likely N-dealkylation sites (tertiary alicyclic amines) is 2. The molecule has 0 saturated carbocycles. The minimum Gasteiger partial charge on any atom is -0.453 e. The number of nitrogens with one attached hydrogen (secondary N) is 6. The van der Waals surface area contributed by atoms with E-state index in [0.29, 0.717) is 30.4 Å². The van der Waals surface area contributed by atoms with Gasteiger partial charge < -0.3 is 59.6 Å². The number of ether oxygens (including phenoxy) is 2. The van der Waals surface area contributed by atoms with Gasteiger partial charge in [-0.1, -0.05) is 77.8 Å². The molecule has 0 spiro atoms. The zero-order chi connectivity index (χ0) is 59.4. The summed E-state index contributed by atoms with van der Waals surface area (Å²) in [6, 6.07) is 25.7. The highest BCUT2D eigenvalue weighted by Crippen LogP contribution is 2.44. The maximum absolute atomic E-state index is 13.7. The molecule has 88 heavy (non-hydrogen) atoms. The molecule has 2 unspecified atom stereocenters. The van der Waals surface area contributed by atoms with Crippen molar-refractivity contribution in [3.8, 4) is 45.0 Å². The van der Waals surface area contributed by atoms with E-state index >= 15 is 0 Å². The monoisotopic (exact) mass is 1400 g/mol. The van der Waals surface area contributed by atoms with Gasteiger partial charge in [-0.3, -0.25) is 19.2 Å². The smallest absolute Gasteiger partial charge is 0.407 e. The first kappa shape index (κ1) is 68.6. The summed E-state index contributed by atoms with van der Waals surface area (Å²) in [5.41, 5.74) is 10.6. The molecule has 8 aromatic rings. The summed E-state index contributed by atoms with van der Waals surface area (Å²) >= 11 is 6.99. The van der Waals surface area contributed by atoms with Crippen LogP contribution in [0.25, 0.3) is 66.8 Å². The molecule has 20 nitrogen and oxygen atoms in total. The SMILES string of the molecule is CC1C(=O)Nc2cc(Br)ccc2-c2cc3cc(Br)ccc3n21.COC(=O)N[C@H](C(=O)N1CCC[C@H]1c1ncc(-c2ccc3c(c2)NC(=O)C(C)n2c-3cc3cc(-c4cnc([C@@H]5CCCN5C(=O)[C@@H](NC(=O)OC)C(C)C)[nH]4)ccc32)[nH]1)C(C)C.S.S.S.S. The molecule has 468 valence electrons. The molecule has 12 rings (SSSR count). The number of benzene rings is 4. The predicted molar refractivity (Wildman–Crippen MR) is 369 cm³/mol. The lowest BCUT2D eigenvalue weighted by atomic mass is 10.0. The summed E-state index contributed by atoms with van der Waals surface area (Å²) in [5, 5.41) is 13.6. The number of nitrogens with zero attached hydrogens (tertiary/aromatic N) is 6. The fourth-order valence-electron chi connectivity index (χ4n) is 12.1. The van der Waals surface area contributed by atoms with Crippen molar-refractivity contribution >= 4 is 155 Å². The third-order valence-electron chi connectivity index (χ3n) is 16.5. The van der Waals surface area contributed by atoms with Crippen LogP contribution in [0.3, 0.4) is 0 Å². The Bertz CT molecular complexity index is 3940. The molecule has 2 fully saturated rings. The average molecular weight is 1400 g/mol. The summed E-state index contributed by atoms with van der Waals surface area (Å²) in [5.74, 6) is 0.558. The second-order valence-electron chi connectivity index (χ2n) is 22.5. The van der Waals surface area contributed by atoms with Crippen LogP contribution in [-0.4, -0.2) is 114 Å². The van der Waals surface area contributed by atoms with Gasteiger partial charge in [0.1, 0.15) is 35.8 Å². The number of methoxy groups -OCH3 is 2. The van der Waals surface area contributed by atoms with E-state index in [1.807, 2.05) is 96.1 Å². The second kappa shape index (κ2) is 28.3. The van der Waals surface area contributed by atoms with Crippen LogP contribution in [0.15, 0.2) is 106 Å². The minimum atomic E-state index is -0.733. The van der Waals surface area contributed by atoms with Gasteiger partial charge in [-0.2, -0.15) is 54.0 Å². The highest BCUT2D eigenvalue weighted by molar-refractivity contribution is 9.10. The molecule has 26 heteroatoms. The molecule has 6 N–H and O–H groups in total. The van der Waals surface area contributed by atoms with Crippen molar-refractivity contribution in [3.63, 3.8) is 0 Å². The highest BCUT2D eigenvalue weighted by Gasteiger charge is 2.40. The number of anilines is 2. The molecule has 4 aliphatic rings. The maximum atomic E-state index is 13.7. The largest absolute Gasteiger partial charge is 0.453 e. The number of amides is 6. The van der Waals surface area contributed by atoms with E-state index in [2.05, 4.69) is 103 Å². The van der Waals surface area contributed by atoms with E-state index < -0.39 is 30.3 Å². The number of hydrogen-bond acceptors (Lipinski definition) is 10. The van der Waals surface area contributed by atoms with Crippen molar-refractivity contribution < 1.29 is 38.2 Å². The van der Waals surface area contributed by atoms with Crippen LogP contribution in [0.1, 0.15) is 103 Å². The first-order valence-corrected chi connectivity index (χ1v) is 29.8. The summed E-state index contributed by atoms with van der Waals surface area (Å²) in [7, 11) is 2.56. The van der Waals surface area contributed by atoms with Gasteiger partial charge in [-0.05, 0) is 118 Å². The number of aromatic nitrogens is 6. The molecule has 0 radical (unpaired) electrons. The predicted octanol–water partition coefficient (Wildman–Crippen LogP) is 12.5. The third kappa shape index (κ3) is 13.2. The van der Waals surface area contributed by atoms with Gasteiger partial charge in [0.2, 0.25) is 23.6 Å². The zero-order valence-corrected chi connectivity index (χ0v) is 57.0. The number of fused-ring (bicyclic) bond motifs is 10. The van der Waals surface area contributed by atoms with Crippen LogP contribution in [0, 0.1) is 11.8 Å². The number of aromatic amines is 2. The van der Waals surface area contributed by atoms with Crippen LogP contribution in [0.2, 0.25) is 0 Å². The first-order chi connectivity index (χ1) is 40.3. The molecule has 6 atom stereocenters. The van der Waals surface area contributed by atoms with Gasteiger partial charge in [0.15, 0.2) is 0 Å². The number of alkyl carbamates (subject to hydrolysis) is 2. The first-order valence-electron chi connectivity index (χ1n) is 28.2. The van der Waals surface area contributed by atoms with Crippen LogP contribution < -0.4 is 21.3 Å². The Morgan fingerprint density at radius 1 is 0.568 bits per heavy atom. The van der Waals surface area contributed by atoms with Crippen LogP contribution >= 0.6 is 85.8 Å². The summed E-state index contributed by atoms with van der Waals surface area (Å²) in [6.07, 6.45) is 5.32. The van der Waals surface area contributed by atoms with E-state index in [4.69, 9.17) is 19.4 Å². The second-order valence-corrected chi connectivity index (χ2v) is 24.3. The zero-order valence-electron chi connectivity index (χ0n) is 49.8. The Labute approximate surface area is 554 Å². The standard InChI is InChI=1S/C45H54N10O7.C17H12Br2N2O.4H2S/c1-23(2)37(51-44(59)61-6)42(57)53-16-8-10-34(53)39-46-21-31(48-39)26-13-15-33-28(18-26)20-36-29-14-12-27(19-30(29)50-41(56)25(5)55(33)36)32-22-47-40(49-32)35-11-9-17-54(35)43(58)38(24(3)4)52-45(60)62-7;1-9-17(22)20-14-8-12(19)2-4-13(14)16-7-10-6-11(18)3-5-15(10)21(9)16;;;;/h12-15,18-25,34-35,37-38H,8-11,16-17H2,1-7H3,(H,46,48)(H,47,49)(H,50,56)(H,51,59)(H,52,60);2-9H,1H3,(H,20,22);4*1H2/t25?,34-,35-,37-,38-;;;;;/m0...../s1. The molecule has 4 aliphatic heterocycles. The van der Waals surface area contributed by atoms with Crippen LogP contribution in [0.5, 0.6) is 0 Å². The lowest BCUT2D eigenvalue weighted by Gasteiger charge is -2.30. The maximum Gasteiger partial charge on any atom is 0.407 e. The number of carbonyl (C=O) groups is 6. The topological polar surface area (TPSA) is 243 Å². The fourth-order valence-corrected chi connectivity index (χ4v) is 12.9. The Balaban J connectivity index is 0.000000356. The number of H-pyrrole nitrogens is 2. The van der Waals surface area contributed by atoms with Gasteiger partial charge >= 0.3 is 12.2 Å². The number of rotatable bonds is 10. The molecule has 8 heterocycles. The van der Waals surface area contributed by atoms with Crippen molar-refractivity contribution in [2.75, 3.05) is 37.9 Å². The van der Waals surface area contributed by atoms with Crippen molar-refractivity contribution in [2.45, 2.75) is 103 Å². The quantitative estimate of drug-likeness (QED) is 0.0756. The third-order valence-corrected chi connectivity index (χ3v) is 17.5. The van der Waals surface area contributed by atoms with Crippen molar-refractivity contribution in [1.29, 1.82) is 0 Å². The van der Waals surface area contributed by atoms with Gasteiger partial charge in [0.25, 0.3) is 0 Å². The summed E-state index contributed by atoms with van der Waals surface area (Å²) in [4.78, 5) is 97.7. The van der Waals surface area contributed by atoms with Gasteiger partial charge in [-0.15, -0.1) is 0 Å². The van der Waals surface area contributed by atoms with Gasteiger partial charge in [0, 0.05) is 66.1 Å². The molecule has 4 aromatic carbocycles. The number of halogens is 2. The summed E-state index contributed by atoms with van der Waals surface area (Å²) in [6.45, 7) is 12.5. The van der Waals surface area contributed by atoms with E-state index in [0.717, 1.165) is 107 Å². The molecular weight excluding hydrogens is 1330 g/mol. The number of imidazole rings is 2. The Morgan fingerprint density at radius 2 is 0.977 bits per heavy atom. The Kier molecular flexibility index (Phi) is 22.1. The van der Waals surface area contributed by atoms with Crippen molar-refractivity contribution in [1.82, 2.24) is 49.5 Å². The lowest BCUT2D eigenvalue weighted by molar-refractivity contribution is -0.136. The molecule has 6 amide bonds.